The van der Waals surface area contributed by atoms with E-state index in [1.54, 1.807) is 0 Å². The van der Waals surface area contributed by atoms with Crippen molar-refractivity contribution < 1.29 is 0 Å². The van der Waals surface area contributed by atoms with Gasteiger partial charge in [-0.05, 0) is 31.6 Å². The van der Waals surface area contributed by atoms with Gasteiger partial charge in [0.1, 0.15) is 0 Å². The molecule has 0 bridgehead atoms. The van der Waals surface area contributed by atoms with E-state index in [9.17, 15) is 0 Å². The molecule has 4 heteroatoms. The van der Waals surface area contributed by atoms with Crippen LogP contribution in [0.15, 0.2) is 5.38 Å². The minimum Gasteiger partial charge on any atom is -0.348 e. The van der Waals surface area contributed by atoms with Crippen LogP contribution in [0.1, 0.15) is 51.1 Å². The Kier molecular flexibility index (Phi) is 4.38. The Morgan fingerprint density at radius 2 is 2.11 bits per heavy atom. The summed E-state index contributed by atoms with van der Waals surface area (Å²) in [5, 5.41) is 7.00. The molecular formula is C15H25N3S. The van der Waals surface area contributed by atoms with Crippen molar-refractivity contribution in [1.82, 2.24) is 10.3 Å². The highest BCUT2D eigenvalue weighted by Gasteiger charge is 2.22. The van der Waals surface area contributed by atoms with Gasteiger partial charge in [-0.25, -0.2) is 4.98 Å². The smallest absolute Gasteiger partial charge is 0.185 e. The third kappa shape index (κ3) is 3.69. The lowest BCUT2D eigenvalue weighted by molar-refractivity contribution is 0.378. The highest BCUT2D eigenvalue weighted by Crippen LogP contribution is 2.28. The summed E-state index contributed by atoms with van der Waals surface area (Å²) in [7, 11) is 0. The van der Waals surface area contributed by atoms with Gasteiger partial charge < -0.3 is 10.2 Å². The summed E-state index contributed by atoms with van der Waals surface area (Å²) in [5.74, 6) is 0.956. The van der Waals surface area contributed by atoms with Gasteiger partial charge in [0.15, 0.2) is 5.13 Å². The van der Waals surface area contributed by atoms with Crippen molar-refractivity contribution in [2.45, 2.75) is 58.0 Å². The molecule has 2 fully saturated rings. The molecule has 3 rings (SSSR count). The molecule has 2 heterocycles. The summed E-state index contributed by atoms with van der Waals surface area (Å²) in [6.07, 6.45) is 8.14. The molecule has 0 unspecified atom stereocenters. The normalized spacial score (nSPS) is 21.0. The van der Waals surface area contributed by atoms with Crippen molar-refractivity contribution in [2.75, 3.05) is 18.0 Å². The molecule has 1 aliphatic carbocycles. The number of nitrogens with one attached hydrogen (secondary N) is 1. The van der Waals surface area contributed by atoms with Crippen molar-refractivity contribution in [1.29, 1.82) is 0 Å². The fraction of sp³-hybridized carbons (Fsp3) is 0.800. The molecule has 3 nitrogen and oxygen atoms in total. The van der Waals surface area contributed by atoms with Gasteiger partial charge >= 0.3 is 0 Å². The van der Waals surface area contributed by atoms with E-state index in [1.807, 2.05) is 11.3 Å². The molecular weight excluding hydrogens is 254 g/mol. The lowest BCUT2D eigenvalue weighted by Gasteiger charge is -2.31. The second-order valence-corrected chi connectivity index (χ2v) is 6.83. The maximum Gasteiger partial charge on any atom is 0.185 e. The predicted octanol–water partition coefficient (Wildman–Crippen LogP) is 3.41. The van der Waals surface area contributed by atoms with Crippen LogP contribution in [0.25, 0.3) is 0 Å². The molecule has 1 aromatic rings. The number of anilines is 1. The molecule has 0 radical (unpaired) electrons. The Morgan fingerprint density at radius 3 is 2.79 bits per heavy atom. The number of hydrogen-bond donors (Lipinski definition) is 1. The van der Waals surface area contributed by atoms with E-state index < -0.39 is 0 Å². The first-order valence-corrected chi connectivity index (χ1v) is 8.66. The first-order valence-electron chi connectivity index (χ1n) is 7.78. The van der Waals surface area contributed by atoms with E-state index in [0.717, 1.165) is 18.5 Å². The number of thiazole rings is 1. The summed E-state index contributed by atoms with van der Waals surface area (Å²) in [6, 6.07) is 0.773. The van der Waals surface area contributed by atoms with E-state index in [0.29, 0.717) is 0 Å². The maximum absolute atomic E-state index is 4.79. The number of nitrogens with zero attached hydrogens (tertiary/aromatic N) is 2. The minimum atomic E-state index is 0.773. The van der Waals surface area contributed by atoms with Crippen LogP contribution in [-0.2, 0) is 6.54 Å². The van der Waals surface area contributed by atoms with Crippen molar-refractivity contribution in [3.8, 4) is 0 Å². The quantitative estimate of drug-likeness (QED) is 0.865. The number of piperidine rings is 1. The molecule has 106 valence electrons. The molecule has 1 aliphatic heterocycles. The molecule has 0 amide bonds. The van der Waals surface area contributed by atoms with Crippen molar-refractivity contribution in [2.24, 2.45) is 5.92 Å². The molecule has 0 spiro atoms. The van der Waals surface area contributed by atoms with Crippen LogP contribution in [-0.4, -0.2) is 24.1 Å². The third-order valence-electron chi connectivity index (χ3n) is 4.27. The summed E-state index contributed by atoms with van der Waals surface area (Å²) in [5.41, 5.74) is 1.22. The van der Waals surface area contributed by atoms with Gasteiger partial charge in [0, 0.05) is 31.1 Å². The van der Waals surface area contributed by atoms with Crippen LogP contribution >= 0.6 is 11.3 Å². The molecule has 1 aromatic heterocycles. The first-order chi connectivity index (χ1) is 9.35. The van der Waals surface area contributed by atoms with Crippen LogP contribution in [0, 0.1) is 5.92 Å². The lowest BCUT2D eigenvalue weighted by Crippen LogP contribution is -2.33. The molecule has 1 saturated carbocycles. The zero-order valence-corrected chi connectivity index (χ0v) is 12.7. The third-order valence-corrected chi connectivity index (χ3v) is 5.22. The van der Waals surface area contributed by atoms with E-state index in [-0.39, 0.29) is 0 Å². The van der Waals surface area contributed by atoms with Gasteiger partial charge in [-0.3, -0.25) is 0 Å². The van der Waals surface area contributed by atoms with Crippen LogP contribution in [0.5, 0.6) is 0 Å². The molecule has 1 saturated heterocycles. The average molecular weight is 279 g/mol. The van der Waals surface area contributed by atoms with Gasteiger partial charge in [-0.2, -0.15) is 0 Å². The standard InChI is InChI=1S/C15H25N3S/c1-2-3-12-6-8-18(9-7-12)15-17-14(11-19-15)10-16-13-4-5-13/h11-13,16H,2-10H2,1H3. The highest BCUT2D eigenvalue weighted by molar-refractivity contribution is 7.13. The summed E-state index contributed by atoms with van der Waals surface area (Å²) in [4.78, 5) is 7.27. The largest absolute Gasteiger partial charge is 0.348 e. The SMILES string of the molecule is CCCC1CCN(c2nc(CNC3CC3)cs2)CC1. The predicted molar refractivity (Wildman–Crippen MR) is 81.8 cm³/mol. The monoisotopic (exact) mass is 279 g/mol. The Morgan fingerprint density at radius 1 is 1.32 bits per heavy atom. The topological polar surface area (TPSA) is 28.2 Å². The van der Waals surface area contributed by atoms with Crippen LogP contribution < -0.4 is 10.2 Å². The zero-order valence-electron chi connectivity index (χ0n) is 11.9. The van der Waals surface area contributed by atoms with E-state index >= 15 is 0 Å². The van der Waals surface area contributed by atoms with Crippen LogP contribution in [0.4, 0.5) is 5.13 Å². The number of aromatic nitrogens is 1. The number of hydrogen-bond acceptors (Lipinski definition) is 4. The molecule has 0 aromatic carbocycles. The minimum absolute atomic E-state index is 0.773. The van der Waals surface area contributed by atoms with Gasteiger partial charge in [0.2, 0.25) is 0 Å². The van der Waals surface area contributed by atoms with Crippen molar-refractivity contribution >= 4 is 16.5 Å². The van der Waals surface area contributed by atoms with Gasteiger partial charge in [0.25, 0.3) is 0 Å². The Balaban J connectivity index is 1.48. The Labute approximate surface area is 120 Å². The van der Waals surface area contributed by atoms with Crippen molar-refractivity contribution in [3.63, 3.8) is 0 Å². The second kappa shape index (κ2) is 6.23. The van der Waals surface area contributed by atoms with Crippen LogP contribution in [0.3, 0.4) is 0 Å². The second-order valence-electron chi connectivity index (χ2n) is 6.00. The van der Waals surface area contributed by atoms with E-state index in [4.69, 9.17) is 4.98 Å². The zero-order chi connectivity index (χ0) is 13.1. The molecule has 2 aliphatic rings. The van der Waals surface area contributed by atoms with E-state index in [1.165, 1.54) is 62.4 Å². The fourth-order valence-corrected chi connectivity index (χ4v) is 3.76. The Bertz CT molecular complexity index is 392. The van der Waals surface area contributed by atoms with Gasteiger partial charge in [0.05, 0.1) is 5.69 Å². The maximum atomic E-state index is 4.79. The fourth-order valence-electron chi connectivity index (χ4n) is 2.88. The highest BCUT2D eigenvalue weighted by atomic mass is 32.1. The van der Waals surface area contributed by atoms with Crippen LogP contribution in [0.2, 0.25) is 0 Å². The number of rotatable bonds is 6. The lowest BCUT2D eigenvalue weighted by atomic mass is 9.93. The van der Waals surface area contributed by atoms with Crippen molar-refractivity contribution in [3.05, 3.63) is 11.1 Å². The average Bonchev–Trinajstić information content (AvgIpc) is 3.15. The molecule has 19 heavy (non-hydrogen) atoms. The summed E-state index contributed by atoms with van der Waals surface area (Å²) < 4.78 is 0. The molecule has 1 N–H and O–H groups in total. The van der Waals surface area contributed by atoms with Gasteiger partial charge in [-0.15, -0.1) is 11.3 Å². The Hall–Kier alpha value is -0.610. The summed E-state index contributed by atoms with van der Waals surface area (Å²) >= 11 is 1.82. The van der Waals surface area contributed by atoms with E-state index in [2.05, 4.69) is 22.5 Å². The molecule has 0 atom stereocenters. The van der Waals surface area contributed by atoms with Gasteiger partial charge in [-0.1, -0.05) is 19.8 Å². The first kappa shape index (κ1) is 13.4. The summed E-state index contributed by atoms with van der Waals surface area (Å²) in [6.45, 7) is 5.65.